The van der Waals surface area contributed by atoms with Gasteiger partial charge in [-0.15, -0.1) is 0 Å². The summed E-state index contributed by atoms with van der Waals surface area (Å²) in [6, 6.07) is 0. The Morgan fingerprint density at radius 3 is 1.60 bits per heavy atom. The molecule has 1 unspecified atom stereocenters. The highest BCUT2D eigenvalue weighted by atomic mass is 31.1. The first-order valence-corrected chi connectivity index (χ1v) is 1.28. The van der Waals surface area contributed by atoms with Gasteiger partial charge < -0.3 is 11.6 Å². The van der Waals surface area contributed by atoms with Gasteiger partial charge in [0.2, 0.25) is 0 Å². The Labute approximate surface area is 31.0 Å². The molecule has 0 aliphatic rings. The minimum atomic E-state index is -1.17. The zero-order valence-corrected chi connectivity index (χ0v) is 3.56. The van der Waals surface area contributed by atoms with Crippen molar-refractivity contribution in [1.29, 1.82) is 0 Å². The van der Waals surface area contributed by atoms with Crippen LogP contribution in [0.1, 0.15) is 0 Å². The Morgan fingerprint density at radius 2 is 1.60 bits per heavy atom. The lowest BCUT2D eigenvalue weighted by Gasteiger charge is -1.08. The normalized spacial score (nSPS) is 4.20. The van der Waals surface area contributed by atoms with Crippen LogP contribution in [0.2, 0.25) is 0 Å². The minimum Gasteiger partial charge on any atom is -0.412 e. The van der Waals surface area contributed by atoms with Gasteiger partial charge in [0.25, 0.3) is 0 Å². The van der Waals surface area contributed by atoms with Crippen LogP contribution in [0.25, 0.3) is 0 Å². The SMILES string of the molecule is N.O.O=[PH+]O. The topological polar surface area (TPSA) is 104 Å². The molecule has 1 atom stereocenters. The summed E-state index contributed by atoms with van der Waals surface area (Å²) in [4.78, 5) is 7.04. The van der Waals surface area contributed by atoms with Crippen LogP contribution >= 0.6 is 8.69 Å². The number of hydrogen-bond donors (Lipinski definition) is 2. The van der Waals surface area contributed by atoms with Crippen LogP contribution in [0, 0.1) is 0 Å². The van der Waals surface area contributed by atoms with Gasteiger partial charge in [-0.3, -0.25) is 0 Å². The monoisotopic (exact) mass is 100 g/mol. The quantitative estimate of drug-likeness (QED) is 0.391. The zero-order valence-electron chi connectivity index (χ0n) is 2.56. The number of hydrogen-bond acceptors (Lipinski definition) is 2. The molecule has 0 aromatic heterocycles. The molecule has 0 aromatic carbocycles. The highest BCUT2D eigenvalue weighted by Gasteiger charge is 1.45. The van der Waals surface area contributed by atoms with E-state index in [2.05, 4.69) is 0 Å². The highest BCUT2D eigenvalue weighted by molar-refractivity contribution is 7.16. The van der Waals surface area contributed by atoms with Crippen molar-refractivity contribution >= 4 is 8.69 Å². The van der Waals surface area contributed by atoms with Gasteiger partial charge in [-0.1, -0.05) is 0 Å². The second kappa shape index (κ2) is 36.8. The van der Waals surface area contributed by atoms with Crippen LogP contribution in [-0.2, 0) is 4.57 Å². The Bertz CT molecular complexity index is 14.4. The molecular formula is H7NO3P+. The van der Waals surface area contributed by atoms with Crippen molar-refractivity contribution in [2.75, 3.05) is 0 Å². The third-order valence-electron chi connectivity index (χ3n) is 0. The maximum absolute atomic E-state index is 8.51. The summed E-state index contributed by atoms with van der Waals surface area (Å²) in [6.45, 7) is 0. The van der Waals surface area contributed by atoms with E-state index in [-0.39, 0.29) is 11.6 Å². The van der Waals surface area contributed by atoms with E-state index in [1.54, 1.807) is 0 Å². The molecule has 6 N–H and O–H groups in total. The molecule has 0 heterocycles. The number of rotatable bonds is 0. The van der Waals surface area contributed by atoms with Crippen molar-refractivity contribution in [3.63, 3.8) is 0 Å². The van der Waals surface area contributed by atoms with Crippen molar-refractivity contribution in [1.82, 2.24) is 6.15 Å². The first kappa shape index (κ1) is 20.1. The van der Waals surface area contributed by atoms with E-state index in [0.29, 0.717) is 0 Å². The fourth-order valence-electron chi connectivity index (χ4n) is 0. The Kier molecular flexibility index (Phi) is 148. The van der Waals surface area contributed by atoms with Crippen molar-refractivity contribution in [3.05, 3.63) is 0 Å². The molecule has 4 nitrogen and oxygen atoms in total. The summed E-state index contributed by atoms with van der Waals surface area (Å²) in [5.74, 6) is 0. The molecule has 34 valence electrons. The van der Waals surface area contributed by atoms with Gasteiger partial charge >= 0.3 is 8.69 Å². The molecule has 0 aliphatic heterocycles. The fourth-order valence-corrected chi connectivity index (χ4v) is 0. The van der Waals surface area contributed by atoms with Gasteiger partial charge in [-0.2, -0.15) is 4.89 Å². The van der Waals surface area contributed by atoms with Crippen molar-refractivity contribution < 1.29 is 14.9 Å². The largest absolute Gasteiger partial charge is 0.491 e. The maximum atomic E-state index is 8.51. The lowest BCUT2D eigenvalue weighted by molar-refractivity contribution is 0.524. The van der Waals surface area contributed by atoms with Crippen molar-refractivity contribution in [2.45, 2.75) is 0 Å². The van der Waals surface area contributed by atoms with E-state index in [0.717, 1.165) is 0 Å². The Morgan fingerprint density at radius 1 is 1.60 bits per heavy atom. The molecule has 0 radical (unpaired) electrons. The van der Waals surface area contributed by atoms with Gasteiger partial charge in [0.05, 0.1) is 0 Å². The first-order valence-electron chi connectivity index (χ1n) is 0.428. The standard InChI is InChI=1S/H3N.HO2P.H2O/c;1-3-2;/h1H3;3H;1H2/p+1. The average Bonchev–Trinajstić information content (AvgIpc) is 0.918. The minimum absolute atomic E-state index is 0. The molecule has 0 amide bonds. The van der Waals surface area contributed by atoms with Gasteiger partial charge in [0.15, 0.2) is 0 Å². The van der Waals surface area contributed by atoms with Crippen LogP contribution in [0.3, 0.4) is 0 Å². The Hall–Kier alpha value is -0.0200. The van der Waals surface area contributed by atoms with Crippen molar-refractivity contribution in [3.8, 4) is 0 Å². The molecule has 0 fully saturated rings. The third-order valence-corrected chi connectivity index (χ3v) is 0. The molecule has 0 rings (SSSR count). The second-order valence-electron chi connectivity index (χ2n) is 0.0913. The van der Waals surface area contributed by atoms with E-state index in [1.807, 2.05) is 0 Å². The van der Waals surface area contributed by atoms with Gasteiger partial charge in [-0.05, 0) is 4.57 Å². The zero-order chi connectivity index (χ0) is 2.71. The van der Waals surface area contributed by atoms with Gasteiger partial charge in [0.1, 0.15) is 0 Å². The molecule has 0 aliphatic carbocycles. The first-order chi connectivity index (χ1) is 1.41. The molecule has 0 bridgehead atoms. The molecular weight excluding hydrogens is 93.0 g/mol. The fraction of sp³-hybridized carbons (Fsp3) is 0. The molecule has 0 saturated heterocycles. The molecule has 0 aromatic rings. The Balaban J connectivity index is -0.0000000200. The van der Waals surface area contributed by atoms with Crippen LogP contribution in [0.4, 0.5) is 0 Å². The van der Waals surface area contributed by atoms with E-state index >= 15 is 0 Å². The van der Waals surface area contributed by atoms with E-state index in [4.69, 9.17) is 9.46 Å². The lowest BCUT2D eigenvalue weighted by Crippen LogP contribution is -1.03. The predicted molar refractivity (Wildman–Crippen MR) is 19.9 cm³/mol. The van der Waals surface area contributed by atoms with Crippen LogP contribution < -0.4 is 6.15 Å². The van der Waals surface area contributed by atoms with Crippen LogP contribution in [0.15, 0.2) is 0 Å². The maximum Gasteiger partial charge on any atom is 0.491 e. The van der Waals surface area contributed by atoms with E-state index < -0.39 is 8.69 Å². The summed E-state index contributed by atoms with van der Waals surface area (Å²) in [6.07, 6.45) is 0. The third kappa shape index (κ3) is 39000. The molecule has 0 saturated carbocycles. The van der Waals surface area contributed by atoms with Crippen molar-refractivity contribution in [2.24, 2.45) is 0 Å². The average molecular weight is 100 g/mol. The molecule has 5 heteroatoms. The molecule has 5 heavy (non-hydrogen) atoms. The highest BCUT2D eigenvalue weighted by Crippen LogP contribution is 1.66. The summed E-state index contributed by atoms with van der Waals surface area (Å²) < 4.78 is 8.51. The van der Waals surface area contributed by atoms with Gasteiger partial charge in [0, 0.05) is 0 Å². The van der Waals surface area contributed by atoms with Crippen LogP contribution in [0.5, 0.6) is 0 Å². The summed E-state index contributed by atoms with van der Waals surface area (Å²) >= 11 is 0. The molecule has 0 spiro atoms. The lowest BCUT2D eigenvalue weighted by atomic mass is 14.0. The van der Waals surface area contributed by atoms with E-state index in [9.17, 15) is 0 Å². The smallest absolute Gasteiger partial charge is 0.412 e. The predicted octanol–water partition coefficient (Wildman–Crippen LogP) is -0.745. The summed E-state index contributed by atoms with van der Waals surface area (Å²) in [5, 5.41) is 0. The summed E-state index contributed by atoms with van der Waals surface area (Å²) in [5.41, 5.74) is 0. The summed E-state index contributed by atoms with van der Waals surface area (Å²) in [7, 11) is -1.17. The van der Waals surface area contributed by atoms with E-state index in [1.165, 1.54) is 0 Å². The van der Waals surface area contributed by atoms with Gasteiger partial charge in [-0.25, -0.2) is 0 Å². The van der Waals surface area contributed by atoms with Crippen LogP contribution in [-0.4, -0.2) is 10.4 Å². The second-order valence-corrected chi connectivity index (χ2v) is 0.274.